The molecule has 1 aromatic rings. The van der Waals surface area contributed by atoms with Crippen LogP contribution in [0.1, 0.15) is 13.8 Å². The van der Waals surface area contributed by atoms with E-state index in [0.29, 0.717) is 0 Å². The Morgan fingerprint density at radius 3 is 2.58 bits per heavy atom. The largest absolute Gasteiger partial charge is 0.396 e. The fourth-order valence-electron chi connectivity index (χ4n) is 1.17. The monoisotopic (exact) mass is 370 g/mol. The standard InChI is InChI=1S/C11H16BrFN2O2S2/c1-11(2,18-3)6-15-19(16,17)10-5-9(14)8(13)4-7(10)12/h4-5,15H,6,14H2,1-3H3. The number of halogens is 2. The second-order valence-corrected chi connectivity index (χ2v) is 8.70. The number of anilines is 1. The zero-order valence-electron chi connectivity index (χ0n) is 10.8. The van der Waals surface area contributed by atoms with Crippen LogP contribution in [0.5, 0.6) is 0 Å². The van der Waals surface area contributed by atoms with E-state index in [-0.39, 0.29) is 26.3 Å². The minimum Gasteiger partial charge on any atom is -0.396 e. The van der Waals surface area contributed by atoms with Gasteiger partial charge in [0.25, 0.3) is 0 Å². The highest BCUT2D eigenvalue weighted by Gasteiger charge is 2.24. The molecule has 19 heavy (non-hydrogen) atoms. The van der Waals surface area contributed by atoms with Crippen LogP contribution in [0.3, 0.4) is 0 Å². The summed E-state index contributed by atoms with van der Waals surface area (Å²) in [6, 6.07) is 2.15. The van der Waals surface area contributed by atoms with Crippen molar-refractivity contribution in [3.63, 3.8) is 0 Å². The van der Waals surface area contributed by atoms with Gasteiger partial charge >= 0.3 is 0 Å². The number of nitrogen functional groups attached to an aromatic ring is 1. The molecule has 0 unspecified atom stereocenters. The molecule has 0 amide bonds. The molecule has 3 N–H and O–H groups in total. The van der Waals surface area contributed by atoms with Crippen molar-refractivity contribution in [3.8, 4) is 0 Å². The molecular formula is C11H16BrFN2O2S2. The summed E-state index contributed by atoms with van der Waals surface area (Å²) in [7, 11) is -3.73. The molecule has 108 valence electrons. The van der Waals surface area contributed by atoms with E-state index in [9.17, 15) is 12.8 Å². The minimum absolute atomic E-state index is 0.0664. The zero-order chi connectivity index (χ0) is 14.8. The summed E-state index contributed by atoms with van der Waals surface area (Å²) in [6.45, 7) is 4.11. The molecule has 1 rings (SSSR count). The van der Waals surface area contributed by atoms with E-state index in [1.165, 1.54) is 0 Å². The maximum absolute atomic E-state index is 13.2. The van der Waals surface area contributed by atoms with Crippen LogP contribution in [0, 0.1) is 5.82 Å². The predicted molar refractivity (Wildman–Crippen MR) is 81.3 cm³/mol. The average molecular weight is 371 g/mol. The van der Waals surface area contributed by atoms with Crippen LogP contribution in [0.15, 0.2) is 21.5 Å². The molecule has 1 aromatic carbocycles. The maximum atomic E-state index is 13.2. The highest BCUT2D eigenvalue weighted by atomic mass is 79.9. The molecule has 0 aliphatic heterocycles. The summed E-state index contributed by atoms with van der Waals surface area (Å²) < 4.78 is 39.9. The summed E-state index contributed by atoms with van der Waals surface area (Å²) in [5.74, 6) is -0.657. The molecule has 4 nitrogen and oxygen atoms in total. The summed E-state index contributed by atoms with van der Waals surface area (Å²) in [5.41, 5.74) is 5.20. The Bertz CT molecular complexity index is 576. The first-order valence-electron chi connectivity index (χ1n) is 5.38. The van der Waals surface area contributed by atoms with Crippen LogP contribution < -0.4 is 10.5 Å². The van der Waals surface area contributed by atoms with Gasteiger partial charge in [-0.25, -0.2) is 17.5 Å². The SMILES string of the molecule is CSC(C)(C)CNS(=O)(=O)c1cc(N)c(F)cc1Br. The van der Waals surface area contributed by atoms with Crippen LogP contribution in [0.25, 0.3) is 0 Å². The molecule has 0 heterocycles. The number of thioether (sulfide) groups is 1. The second-order valence-electron chi connectivity index (χ2n) is 4.59. The highest BCUT2D eigenvalue weighted by Crippen LogP contribution is 2.27. The molecule has 0 aliphatic carbocycles. The van der Waals surface area contributed by atoms with E-state index in [2.05, 4.69) is 20.7 Å². The van der Waals surface area contributed by atoms with E-state index < -0.39 is 15.8 Å². The van der Waals surface area contributed by atoms with Crippen molar-refractivity contribution in [2.45, 2.75) is 23.5 Å². The molecule has 0 saturated heterocycles. The van der Waals surface area contributed by atoms with Crippen LogP contribution in [0.4, 0.5) is 10.1 Å². The molecule has 0 spiro atoms. The third-order valence-corrected chi connectivity index (χ3v) is 6.19. The lowest BCUT2D eigenvalue weighted by atomic mass is 10.2. The van der Waals surface area contributed by atoms with Crippen LogP contribution in [-0.4, -0.2) is 26.0 Å². The summed E-state index contributed by atoms with van der Waals surface area (Å²) >= 11 is 4.58. The Morgan fingerprint density at radius 1 is 1.47 bits per heavy atom. The van der Waals surface area contributed by atoms with Gasteiger partial charge in [0.2, 0.25) is 10.0 Å². The first kappa shape index (κ1) is 16.7. The molecular weight excluding hydrogens is 355 g/mol. The van der Waals surface area contributed by atoms with Crippen LogP contribution in [0.2, 0.25) is 0 Å². The van der Waals surface area contributed by atoms with Crippen molar-refractivity contribution >= 4 is 43.4 Å². The smallest absolute Gasteiger partial charge is 0.241 e. The van der Waals surface area contributed by atoms with Gasteiger partial charge in [-0.1, -0.05) is 0 Å². The Kier molecular flexibility index (Phi) is 5.28. The average Bonchev–Trinajstić information content (AvgIpc) is 2.31. The van der Waals surface area contributed by atoms with Gasteiger partial charge in [0.1, 0.15) is 5.82 Å². The fourth-order valence-corrected chi connectivity index (χ4v) is 3.74. The predicted octanol–water partition coefficient (Wildman–Crippen LogP) is 2.59. The number of sulfonamides is 1. The van der Waals surface area contributed by atoms with E-state index in [4.69, 9.17) is 5.73 Å². The molecule has 8 heteroatoms. The van der Waals surface area contributed by atoms with Crippen molar-refractivity contribution < 1.29 is 12.8 Å². The van der Waals surface area contributed by atoms with Gasteiger partial charge in [0.05, 0.1) is 10.6 Å². The lowest BCUT2D eigenvalue weighted by Crippen LogP contribution is -2.36. The molecule has 0 aliphatic rings. The topological polar surface area (TPSA) is 72.2 Å². The van der Waals surface area contributed by atoms with Gasteiger partial charge in [0.15, 0.2) is 0 Å². The van der Waals surface area contributed by atoms with Gasteiger partial charge in [0, 0.05) is 15.8 Å². The number of hydrogen-bond donors (Lipinski definition) is 2. The molecule has 0 atom stereocenters. The lowest BCUT2D eigenvalue weighted by Gasteiger charge is -2.22. The van der Waals surface area contributed by atoms with E-state index in [1.807, 2.05) is 20.1 Å². The lowest BCUT2D eigenvalue weighted by molar-refractivity contribution is 0.569. The van der Waals surface area contributed by atoms with Crippen molar-refractivity contribution in [2.24, 2.45) is 0 Å². The maximum Gasteiger partial charge on any atom is 0.241 e. The molecule has 0 aromatic heterocycles. The number of benzene rings is 1. The van der Waals surface area contributed by atoms with E-state index in [0.717, 1.165) is 12.1 Å². The fraction of sp³-hybridized carbons (Fsp3) is 0.455. The molecule has 0 radical (unpaired) electrons. The first-order chi connectivity index (χ1) is 8.59. The Balaban J connectivity index is 3.05. The van der Waals surface area contributed by atoms with Gasteiger partial charge in [-0.3, -0.25) is 0 Å². The van der Waals surface area contributed by atoms with Crippen molar-refractivity contribution in [3.05, 3.63) is 22.4 Å². The normalized spacial score (nSPS) is 12.7. The third-order valence-electron chi connectivity index (χ3n) is 2.58. The van der Waals surface area contributed by atoms with Crippen LogP contribution >= 0.6 is 27.7 Å². The van der Waals surface area contributed by atoms with Crippen molar-refractivity contribution in [1.29, 1.82) is 0 Å². The van der Waals surface area contributed by atoms with E-state index in [1.54, 1.807) is 11.8 Å². The van der Waals surface area contributed by atoms with Gasteiger partial charge in [-0.2, -0.15) is 11.8 Å². The molecule has 0 bridgehead atoms. The second kappa shape index (κ2) is 5.99. The zero-order valence-corrected chi connectivity index (χ0v) is 14.0. The quantitative estimate of drug-likeness (QED) is 0.781. The van der Waals surface area contributed by atoms with Crippen molar-refractivity contribution in [1.82, 2.24) is 4.72 Å². The third kappa shape index (κ3) is 4.34. The Morgan fingerprint density at radius 2 is 2.05 bits per heavy atom. The summed E-state index contributed by atoms with van der Waals surface area (Å²) in [6.07, 6.45) is 1.90. The number of nitrogens with two attached hydrogens (primary N) is 1. The molecule has 0 fully saturated rings. The minimum atomic E-state index is -3.73. The van der Waals surface area contributed by atoms with Gasteiger partial charge < -0.3 is 5.73 Å². The Hall–Kier alpha value is -0.310. The molecule has 0 saturated carbocycles. The number of rotatable bonds is 5. The highest BCUT2D eigenvalue weighted by molar-refractivity contribution is 9.10. The van der Waals surface area contributed by atoms with Crippen LogP contribution in [-0.2, 0) is 10.0 Å². The first-order valence-corrected chi connectivity index (χ1v) is 8.88. The van der Waals surface area contributed by atoms with Crippen molar-refractivity contribution in [2.75, 3.05) is 18.5 Å². The summed E-state index contributed by atoms with van der Waals surface area (Å²) in [4.78, 5) is -0.0664. The van der Waals surface area contributed by atoms with Gasteiger partial charge in [-0.15, -0.1) is 0 Å². The number of hydrogen-bond acceptors (Lipinski definition) is 4. The Labute approximate surface area is 125 Å². The summed E-state index contributed by atoms with van der Waals surface area (Å²) in [5, 5.41) is 0. The van der Waals surface area contributed by atoms with Gasteiger partial charge in [-0.05, 0) is 48.2 Å². The number of nitrogens with one attached hydrogen (secondary N) is 1. The van der Waals surface area contributed by atoms with E-state index >= 15 is 0 Å².